The van der Waals surface area contributed by atoms with Crippen molar-refractivity contribution < 1.29 is 0 Å². The van der Waals surface area contributed by atoms with Crippen LogP contribution in [0.3, 0.4) is 0 Å². The number of rotatable bonds is 7. The lowest BCUT2D eigenvalue weighted by molar-refractivity contribution is 0.508. The van der Waals surface area contributed by atoms with Gasteiger partial charge in [0.25, 0.3) is 0 Å². The maximum atomic E-state index is 5.99. The van der Waals surface area contributed by atoms with Crippen molar-refractivity contribution in [2.45, 2.75) is 38.6 Å². The molecule has 2 rings (SSSR count). The van der Waals surface area contributed by atoms with Crippen LogP contribution in [0.25, 0.3) is 0 Å². The highest BCUT2D eigenvalue weighted by Gasteiger charge is 2.13. The summed E-state index contributed by atoms with van der Waals surface area (Å²) >= 11 is 5.99. The third kappa shape index (κ3) is 5.18. The first-order valence-corrected chi connectivity index (χ1v) is 7.88. The van der Waals surface area contributed by atoms with Gasteiger partial charge in [0, 0.05) is 30.9 Å². The van der Waals surface area contributed by atoms with Crippen LogP contribution in [0.2, 0.25) is 5.02 Å². The molecule has 1 heterocycles. The Balaban J connectivity index is 2.02. The molecule has 0 spiro atoms. The van der Waals surface area contributed by atoms with E-state index >= 15 is 0 Å². The van der Waals surface area contributed by atoms with Gasteiger partial charge in [0.2, 0.25) is 0 Å². The molecule has 1 atom stereocenters. The highest BCUT2D eigenvalue weighted by Crippen LogP contribution is 2.23. The number of aromatic nitrogens is 2. The van der Waals surface area contributed by atoms with Crippen LogP contribution < -0.4 is 5.32 Å². The highest BCUT2D eigenvalue weighted by atomic mass is 35.5. The molecule has 0 radical (unpaired) electrons. The second kappa shape index (κ2) is 7.62. The van der Waals surface area contributed by atoms with Crippen molar-refractivity contribution in [3.05, 3.63) is 52.8 Å². The van der Waals surface area contributed by atoms with E-state index in [1.165, 1.54) is 11.1 Å². The van der Waals surface area contributed by atoms with Crippen LogP contribution in [-0.2, 0) is 13.5 Å². The van der Waals surface area contributed by atoms with E-state index in [4.69, 9.17) is 11.6 Å². The molecule has 0 bridgehead atoms. The zero-order valence-electron chi connectivity index (χ0n) is 13.0. The summed E-state index contributed by atoms with van der Waals surface area (Å²) < 4.78 is 1.86. The molecule has 21 heavy (non-hydrogen) atoms. The number of halogens is 1. The first kappa shape index (κ1) is 16.1. The van der Waals surface area contributed by atoms with Crippen molar-refractivity contribution in [2.24, 2.45) is 7.05 Å². The average Bonchev–Trinajstić information content (AvgIpc) is 2.86. The Hall–Kier alpha value is -1.32. The summed E-state index contributed by atoms with van der Waals surface area (Å²) in [4.78, 5) is 0. The summed E-state index contributed by atoms with van der Waals surface area (Å²) in [6.45, 7) is 5.35. The van der Waals surface area contributed by atoms with E-state index in [-0.39, 0.29) is 0 Å². The number of benzene rings is 1. The van der Waals surface area contributed by atoms with E-state index in [9.17, 15) is 0 Å². The van der Waals surface area contributed by atoms with E-state index in [1.807, 2.05) is 30.1 Å². The van der Waals surface area contributed by atoms with Crippen molar-refractivity contribution in [1.82, 2.24) is 15.1 Å². The fourth-order valence-electron chi connectivity index (χ4n) is 2.44. The molecular weight excluding hydrogens is 282 g/mol. The third-order valence-electron chi connectivity index (χ3n) is 3.65. The van der Waals surface area contributed by atoms with Crippen LogP contribution in [0.1, 0.15) is 37.3 Å². The van der Waals surface area contributed by atoms with Gasteiger partial charge in [-0.1, -0.05) is 37.6 Å². The molecule has 0 aliphatic carbocycles. The van der Waals surface area contributed by atoms with Gasteiger partial charge in [-0.05, 0) is 42.0 Å². The van der Waals surface area contributed by atoms with Crippen LogP contribution in [0.4, 0.5) is 0 Å². The fourth-order valence-corrected chi connectivity index (χ4v) is 2.57. The number of nitrogens with zero attached hydrogens (tertiary/aromatic N) is 2. The Morgan fingerprint density at radius 3 is 2.52 bits per heavy atom. The van der Waals surface area contributed by atoms with Crippen molar-refractivity contribution >= 4 is 11.6 Å². The smallest absolute Gasteiger partial charge is 0.0521 e. The minimum atomic E-state index is 0.491. The van der Waals surface area contributed by atoms with E-state index in [2.05, 4.69) is 42.6 Å². The number of aryl methyl sites for hydroxylation is 2. The molecule has 0 amide bonds. The zero-order valence-corrected chi connectivity index (χ0v) is 13.8. The molecule has 114 valence electrons. The SMILES string of the molecule is CC(C)NCC(CCc1cnn(C)c1)c1ccc(Cl)cc1. The minimum Gasteiger partial charge on any atom is -0.314 e. The Morgan fingerprint density at radius 2 is 1.95 bits per heavy atom. The van der Waals surface area contributed by atoms with Gasteiger partial charge in [0.05, 0.1) is 6.20 Å². The van der Waals surface area contributed by atoms with Gasteiger partial charge in [-0.2, -0.15) is 5.10 Å². The second-order valence-corrected chi connectivity index (χ2v) is 6.31. The van der Waals surface area contributed by atoms with E-state index < -0.39 is 0 Å². The molecule has 0 fully saturated rings. The van der Waals surface area contributed by atoms with Gasteiger partial charge in [-0.15, -0.1) is 0 Å². The maximum Gasteiger partial charge on any atom is 0.0521 e. The molecule has 1 N–H and O–H groups in total. The second-order valence-electron chi connectivity index (χ2n) is 5.87. The van der Waals surface area contributed by atoms with Crippen molar-refractivity contribution in [3.63, 3.8) is 0 Å². The van der Waals surface area contributed by atoms with Gasteiger partial charge in [-0.25, -0.2) is 0 Å². The molecule has 3 nitrogen and oxygen atoms in total. The lowest BCUT2D eigenvalue weighted by Crippen LogP contribution is -2.28. The molecule has 0 aliphatic rings. The van der Waals surface area contributed by atoms with Crippen molar-refractivity contribution in [1.29, 1.82) is 0 Å². The molecule has 0 saturated heterocycles. The van der Waals surface area contributed by atoms with Gasteiger partial charge < -0.3 is 5.32 Å². The quantitative estimate of drug-likeness (QED) is 0.843. The standard InChI is InChI=1S/C17H24ClN3/c1-13(2)19-11-16(15-6-8-17(18)9-7-15)5-4-14-10-20-21(3)12-14/h6-10,12-13,16,19H,4-5,11H2,1-3H3. The number of hydrogen-bond donors (Lipinski definition) is 1. The third-order valence-corrected chi connectivity index (χ3v) is 3.91. The first-order chi connectivity index (χ1) is 10.0. The van der Waals surface area contributed by atoms with Gasteiger partial charge in [0.1, 0.15) is 0 Å². The Bertz CT molecular complexity index is 545. The van der Waals surface area contributed by atoms with Gasteiger partial charge >= 0.3 is 0 Å². The molecule has 1 aromatic heterocycles. The Morgan fingerprint density at radius 1 is 1.24 bits per heavy atom. The highest BCUT2D eigenvalue weighted by molar-refractivity contribution is 6.30. The molecule has 1 unspecified atom stereocenters. The van der Waals surface area contributed by atoms with Crippen LogP contribution in [0.15, 0.2) is 36.7 Å². The molecule has 0 saturated carbocycles. The monoisotopic (exact) mass is 305 g/mol. The normalized spacial score (nSPS) is 12.8. The summed E-state index contributed by atoms with van der Waals surface area (Å²) in [5, 5.41) is 8.58. The number of hydrogen-bond acceptors (Lipinski definition) is 2. The van der Waals surface area contributed by atoms with Crippen LogP contribution in [-0.4, -0.2) is 22.4 Å². The molecule has 0 aliphatic heterocycles. The van der Waals surface area contributed by atoms with Crippen LogP contribution >= 0.6 is 11.6 Å². The van der Waals surface area contributed by atoms with Gasteiger partial charge in [-0.3, -0.25) is 4.68 Å². The Labute approximate surface area is 132 Å². The van der Waals surface area contributed by atoms with E-state index in [1.54, 1.807) is 0 Å². The molecule has 2 aromatic rings. The average molecular weight is 306 g/mol. The summed E-state index contributed by atoms with van der Waals surface area (Å²) in [7, 11) is 1.96. The lowest BCUT2D eigenvalue weighted by Gasteiger charge is -2.19. The van der Waals surface area contributed by atoms with Crippen molar-refractivity contribution in [2.75, 3.05) is 6.54 Å². The van der Waals surface area contributed by atoms with Crippen LogP contribution in [0, 0.1) is 0 Å². The van der Waals surface area contributed by atoms with E-state index in [0.717, 1.165) is 24.4 Å². The first-order valence-electron chi connectivity index (χ1n) is 7.51. The van der Waals surface area contributed by atoms with Gasteiger partial charge in [0.15, 0.2) is 0 Å². The topological polar surface area (TPSA) is 29.9 Å². The maximum absolute atomic E-state index is 5.99. The minimum absolute atomic E-state index is 0.491. The summed E-state index contributed by atoms with van der Waals surface area (Å²) in [5.41, 5.74) is 2.64. The predicted molar refractivity (Wildman–Crippen MR) is 88.9 cm³/mol. The molecular formula is C17H24ClN3. The lowest BCUT2D eigenvalue weighted by atomic mass is 9.92. The summed E-state index contributed by atoms with van der Waals surface area (Å²) in [6, 6.07) is 8.72. The Kier molecular flexibility index (Phi) is 5.83. The van der Waals surface area contributed by atoms with Crippen LogP contribution in [0.5, 0.6) is 0 Å². The summed E-state index contributed by atoms with van der Waals surface area (Å²) in [5.74, 6) is 0.491. The zero-order chi connectivity index (χ0) is 15.2. The predicted octanol–water partition coefficient (Wildman–Crippen LogP) is 3.79. The van der Waals surface area contributed by atoms with E-state index in [0.29, 0.717) is 12.0 Å². The largest absolute Gasteiger partial charge is 0.314 e. The van der Waals surface area contributed by atoms with Crippen molar-refractivity contribution in [3.8, 4) is 0 Å². The molecule has 4 heteroatoms. The summed E-state index contributed by atoms with van der Waals surface area (Å²) in [6.07, 6.45) is 6.19. The fraction of sp³-hybridized carbons (Fsp3) is 0.471. The molecule has 1 aromatic carbocycles. The number of nitrogens with one attached hydrogen (secondary N) is 1.